The van der Waals surface area contributed by atoms with E-state index in [4.69, 9.17) is 0 Å². The summed E-state index contributed by atoms with van der Waals surface area (Å²) in [6.45, 7) is 1.26. The maximum Gasteiger partial charge on any atom is 0.330 e. The number of hydrogen-bond acceptors (Lipinski definition) is 3. The van der Waals surface area contributed by atoms with Crippen LogP contribution in [0, 0.1) is 0 Å². The molecule has 5 rings (SSSR count). The molecule has 0 N–H and O–H groups in total. The van der Waals surface area contributed by atoms with E-state index in [1.807, 2.05) is 35.2 Å². The Bertz CT molecular complexity index is 1080. The molecule has 6 nitrogen and oxygen atoms in total. The fourth-order valence-corrected chi connectivity index (χ4v) is 4.47. The molecule has 27 heavy (non-hydrogen) atoms. The number of fused-ring (bicyclic) bond motifs is 1. The van der Waals surface area contributed by atoms with Gasteiger partial charge in [0.15, 0.2) is 5.65 Å². The fourth-order valence-electron chi connectivity index (χ4n) is 4.47. The normalized spacial score (nSPS) is 20.9. The lowest BCUT2D eigenvalue weighted by Gasteiger charge is -2.23. The Labute approximate surface area is 157 Å². The largest absolute Gasteiger partial charge is 0.340 e. The summed E-state index contributed by atoms with van der Waals surface area (Å²) in [5.74, 6) is 0.206. The highest BCUT2D eigenvalue weighted by Gasteiger charge is 2.53. The molecule has 1 saturated heterocycles. The van der Waals surface area contributed by atoms with Gasteiger partial charge in [0.2, 0.25) is 5.91 Å². The molecule has 1 aliphatic heterocycles. The standard InChI is InChI=1S/C21H22N4O2/c1-23-17-8-5-12-22-18(17)25(20(23)27)16-9-13-24(14-16)19(26)21(10-11-21)15-6-3-2-4-7-15/h2-8,12,16H,9-11,13-14H2,1H3/t16-/m0/s1. The second-order valence-electron chi connectivity index (χ2n) is 7.70. The van der Waals surface area contributed by atoms with Crippen LogP contribution < -0.4 is 5.69 Å². The highest BCUT2D eigenvalue weighted by molar-refractivity contribution is 5.91. The van der Waals surface area contributed by atoms with Gasteiger partial charge in [-0.25, -0.2) is 9.78 Å². The Morgan fingerprint density at radius 2 is 1.93 bits per heavy atom. The van der Waals surface area contributed by atoms with Gasteiger partial charge in [-0.2, -0.15) is 0 Å². The number of benzene rings is 1. The third-order valence-corrected chi connectivity index (χ3v) is 6.15. The topological polar surface area (TPSA) is 60.1 Å². The minimum absolute atomic E-state index is 0.0216. The number of amides is 1. The van der Waals surface area contributed by atoms with Crippen LogP contribution in [0.15, 0.2) is 53.5 Å². The summed E-state index contributed by atoms with van der Waals surface area (Å²) in [6, 6.07) is 13.8. The van der Waals surface area contributed by atoms with Crippen LogP contribution in [0.1, 0.15) is 30.9 Å². The fraction of sp³-hybridized carbons (Fsp3) is 0.381. The van der Waals surface area contributed by atoms with Crippen LogP contribution in [0.2, 0.25) is 0 Å². The molecular formula is C21H22N4O2. The molecule has 6 heteroatoms. The second kappa shape index (κ2) is 5.81. The van der Waals surface area contributed by atoms with Gasteiger partial charge in [-0.3, -0.25) is 13.9 Å². The predicted molar refractivity (Wildman–Crippen MR) is 103 cm³/mol. The number of aromatic nitrogens is 3. The van der Waals surface area contributed by atoms with E-state index < -0.39 is 0 Å². The summed E-state index contributed by atoms with van der Waals surface area (Å²) in [5, 5.41) is 0. The summed E-state index contributed by atoms with van der Waals surface area (Å²) in [5.41, 5.74) is 2.23. The Morgan fingerprint density at radius 1 is 1.15 bits per heavy atom. The summed E-state index contributed by atoms with van der Waals surface area (Å²) in [6.07, 6.45) is 4.32. The quantitative estimate of drug-likeness (QED) is 0.718. The molecule has 2 aromatic heterocycles. The van der Waals surface area contributed by atoms with Gasteiger partial charge in [-0.15, -0.1) is 0 Å². The molecule has 1 amide bonds. The molecule has 0 spiro atoms. The lowest BCUT2D eigenvalue weighted by atomic mass is 9.94. The van der Waals surface area contributed by atoms with E-state index in [0.717, 1.165) is 30.3 Å². The second-order valence-corrected chi connectivity index (χ2v) is 7.70. The van der Waals surface area contributed by atoms with Crippen LogP contribution in [0.3, 0.4) is 0 Å². The highest BCUT2D eigenvalue weighted by atomic mass is 16.2. The number of hydrogen-bond donors (Lipinski definition) is 0. The number of aryl methyl sites for hydroxylation is 1. The SMILES string of the molecule is Cn1c(=O)n([C@H]2CCN(C(=O)C3(c4ccccc4)CC3)C2)c2ncccc21. The van der Waals surface area contributed by atoms with E-state index in [9.17, 15) is 9.59 Å². The maximum atomic E-state index is 13.3. The highest BCUT2D eigenvalue weighted by Crippen LogP contribution is 2.50. The van der Waals surface area contributed by atoms with Crippen LogP contribution in [0.4, 0.5) is 0 Å². The van der Waals surface area contributed by atoms with Crippen LogP contribution >= 0.6 is 0 Å². The summed E-state index contributed by atoms with van der Waals surface area (Å²) in [7, 11) is 1.77. The van der Waals surface area contributed by atoms with Crippen molar-refractivity contribution in [2.24, 2.45) is 7.05 Å². The summed E-state index contributed by atoms with van der Waals surface area (Å²) >= 11 is 0. The van der Waals surface area contributed by atoms with Crippen molar-refractivity contribution in [2.45, 2.75) is 30.7 Å². The number of rotatable bonds is 3. The van der Waals surface area contributed by atoms with Crippen LogP contribution in [0.25, 0.3) is 11.2 Å². The molecule has 0 bridgehead atoms. The molecule has 3 aromatic rings. The molecule has 1 atom stereocenters. The van der Waals surface area contributed by atoms with Gasteiger partial charge in [0.05, 0.1) is 17.0 Å². The third-order valence-electron chi connectivity index (χ3n) is 6.15. The lowest BCUT2D eigenvalue weighted by Crippen LogP contribution is -2.38. The first-order chi connectivity index (χ1) is 13.1. The predicted octanol–water partition coefficient (Wildman–Crippen LogP) is 2.24. The zero-order valence-electron chi connectivity index (χ0n) is 15.3. The molecule has 0 radical (unpaired) electrons. The van der Waals surface area contributed by atoms with E-state index in [1.165, 1.54) is 0 Å². The van der Waals surface area contributed by atoms with Gasteiger partial charge in [0.25, 0.3) is 0 Å². The van der Waals surface area contributed by atoms with Crippen molar-refractivity contribution in [3.8, 4) is 0 Å². The van der Waals surface area contributed by atoms with E-state index in [0.29, 0.717) is 18.7 Å². The van der Waals surface area contributed by atoms with Gasteiger partial charge in [0.1, 0.15) is 0 Å². The van der Waals surface area contributed by atoms with Gasteiger partial charge >= 0.3 is 5.69 Å². The van der Waals surface area contributed by atoms with Gasteiger partial charge in [-0.05, 0) is 37.0 Å². The zero-order valence-corrected chi connectivity index (χ0v) is 15.3. The first-order valence-corrected chi connectivity index (χ1v) is 9.49. The Kier molecular flexibility index (Phi) is 3.50. The molecule has 1 aromatic carbocycles. The van der Waals surface area contributed by atoms with Gasteiger partial charge < -0.3 is 4.90 Å². The molecule has 3 heterocycles. The third kappa shape index (κ3) is 2.36. The number of carbonyl (C=O) groups excluding carboxylic acids is 1. The average molecular weight is 362 g/mol. The Balaban J connectivity index is 1.44. The van der Waals surface area contributed by atoms with Crippen LogP contribution in [-0.4, -0.2) is 38.0 Å². The van der Waals surface area contributed by atoms with E-state index in [1.54, 1.807) is 22.4 Å². The maximum absolute atomic E-state index is 13.3. The zero-order chi connectivity index (χ0) is 18.6. The number of nitrogens with zero attached hydrogens (tertiary/aromatic N) is 4. The Morgan fingerprint density at radius 3 is 2.67 bits per heavy atom. The van der Waals surface area contributed by atoms with Crippen molar-refractivity contribution in [2.75, 3.05) is 13.1 Å². The van der Waals surface area contributed by atoms with Crippen molar-refractivity contribution in [3.63, 3.8) is 0 Å². The molecule has 2 aliphatic rings. The molecular weight excluding hydrogens is 340 g/mol. The minimum atomic E-state index is -0.349. The smallest absolute Gasteiger partial charge is 0.330 e. The van der Waals surface area contributed by atoms with Crippen LogP contribution in [-0.2, 0) is 17.3 Å². The Hall–Kier alpha value is -2.89. The summed E-state index contributed by atoms with van der Waals surface area (Å²) in [4.78, 5) is 32.4. The van der Waals surface area contributed by atoms with Crippen molar-refractivity contribution in [1.82, 2.24) is 19.0 Å². The molecule has 138 valence electrons. The summed E-state index contributed by atoms with van der Waals surface area (Å²) < 4.78 is 3.41. The van der Waals surface area contributed by atoms with E-state index in [-0.39, 0.29) is 23.1 Å². The lowest BCUT2D eigenvalue weighted by molar-refractivity contribution is -0.133. The minimum Gasteiger partial charge on any atom is -0.340 e. The van der Waals surface area contributed by atoms with Crippen molar-refractivity contribution >= 4 is 17.1 Å². The van der Waals surface area contributed by atoms with Crippen molar-refractivity contribution in [1.29, 1.82) is 0 Å². The first-order valence-electron chi connectivity index (χ1n) is 9.49. The number of imidazole rings is 1. The average Bonchev–Trinajstić information content (AvgIpc) is 3.32. The number of likely N-dealkylation sites (tertiary alicyclic amines) is 1. The van der Waals surface area contributed by atoms with Gasteiger partial charge in [0, 0.05) is 26.3 Å². The van der Waals surface area contributed by atoms with Crippen molar-refractivity contribution < 1.29 is 4.79 Å². The van der Waals surface area contributed by atoms with E-state index in [2.05, 4.69) is 17.1 Å². The molecule has 2 fully saturated rings. The number of pyridine rings is 1. The molecule has 1 aliphatic carbocycles. The molecule has 0 unspecified atom stereocenters. The monoisotopic (exact) mass is 362 g/mol. The first kappa shape index (κ1) is 16.3. The number of carbonyl (C=O) groups is 1. The van der Waals surface area contributed by atoms with Gasteiger partial charge in [-0.1, -0.05) is 30.3 Å². The van der Waals surface area contributed by atoms with Crippen LogP contribution in [0.5, 0.6) is 0 Å². The molecule has 1 saturated carbocycles. The van der Waals surface area contributed by atoms with E-state index >= 15 is 0 Å². The van der Waals surface area contributed by atoms with Crippen molar-refractivity contribution in [3.05, 3.63) is 64.7 Å².